The number of aromatic nitrogens is 4. The molecule has 5 aromatic rings. The Labute approximate surface area is 177 Å². The molecule has 0 aliphatic carbocycles. The lowest BCUT2D eigenvalue weighted by Gasteiger charge is -2.03. The van der Waals surface area contributed by atoms with Crippen LogP contribution in [0.5, 0.6) is 0 Å². The quantitative estimate of drug-likeness (QED) is 0.381. The van der Waals surface area contributed by atoms with E-state index in [1.807, 2.05) is 0 Å². The molecule has 0 unspecified atom stereocenters. The fourth-order valence-electron chi connectivity index (χ4n) is 4.46. The first-order valence-electron chi connectivity index (χ1n) is 10.8. The molecule has 0 saturated carbocycles. The predicted octanol–water partition coefficient (Wildman–Crippen LogP) is 4.31. The minimum absolute atomic E-state index is 0.878. The van der Waals surface area contributed by atoms with Crippen molar-refractivity contribution in [3.63, 3.8) is 0 Å². The number of benzene rings is 3. The number of para-hydroxylation sites is 4. The number of nitrogens with zero attached hydrogens (tertiary/aromatic N) is 4. The smallest absolute Gasteiger partial charge is 0.230 e. The van der Waals surface area contributed by atoms with Crippen molar-refractivity contribution in [1.29, 1.82) is 0 Å². The Balaban J connectivity index is 1.46. The van der Waals surface area contributed by atoms with E-state index in [4.69, 9.17) is 0 Å². The summed E-state index contributed by atoms with van der Waals surface area (Å²) in [7, 11) is 0. The molecule has 3 aromatic carbocycles. The highest BCUT2D eigenvalue weighted by Crippen LogP contribution is 2.14. The summed E-state index contributed by atoms with van der Waals surface area (Å²) in [6.45, 7) is 8.10. The number of fused-ring (bicyclic) bond motifs is 2. The summed E-state index contributed by atoms with van der Waals surface area (Å²) in [5, 5.41) is 0. The third kappa shape index (κ3) is 3.28. The first-order valence-corrected chi connectivity index (χ1v) is 10.8. The maximum Gasteiger partial charge on any atom is 0.245 e. The van der Waals surface area contributed by atoms with Gasteiger partial charge in [-0.2, -0.15) is 0 Å². The second-order valence-electron chi connectivity index (χ2n) is 7.86. The van der Waals surface area contributed by atoms with Crippen LogP contribution in [0.1, 0.15) is 25.0 Å². The zero-order chi connectivity index (χ0) is 20.5. The third-order valence-corrected chi connectivity index (χ3v) is 5.94. The standard InChI is InChI=1S/C26H28N4/c1-3-27-19-29(25-14-7-5-12-23(25)27)17-21-10-9-11-22(16-21)18-30-20-28(4-2)24-13-6-8-15-26(24)30/h5-16,19-20H,3-4,17-18H2,1-2H3/q+2. The average molecular weight is 397 g/mol. The molecule has 0 fully saturated rings. The molecule has 0 aliphatic rings. The highest BCUT2D eigenvalue weighted by molar-refractivity contribution is 5.72. The molecule has 2 aromatic heterocycles. The van der Waals surface area contributed by atoms with Crippen molar-refractivity contribution in [2.24, 2.45) is 0 Å². The Bertz CT molecular complexity index is 1230. The second kappa shape index (κ2) is 7.79. The van der Waals surface area contributed by atoms with Crippen LogP contribution in [0.25, 0.3) is 22.1 Å². The van der Waals surface area contributed by atoms with E-state index in [0.29, 0.717) is 0 Å². The van der Waals surface area contributed by atoms with Gasteiger partial charge < -0.3 is 0 Å². The maximum atomic E-state index is 2.36. The van der Waals surface area contributed by atoms with Gasteiger partial charge in [-0.1, -0.05) is 42.5 Å². The van der Waals surface area contributed by atoms with Crippen LogP contribution in [0.4, 0.5) is 0 Å². The first-order chi connectivity index (χ1) is 14.8. The van der Waals surface area contributed by atoms with E-state index >= 15 is 0 Å². The van der Waals surface area contributed by atoms with Gasteiger partial charge in [0, 0.05) is 0 Å². The molecule has 0 bridgehead atoms. The molecule has 2 heterocycles. The Morgan fingerprint density at radius 3 is 1.53 bits per heavy atom. The van der Waals surface area contributed by atoms with E-state index in [1.165, 1.54) is 33.2 Å². The van der Waals surface area contributed by atoms with Gasteiger partial charge in [0.2, 0.25) is 12.7 Å². The molecular weight excluding hydrogens is 368 g/mol. The number of aryl methyl sites for hydroxylation is 2. The van der Waals surface area contributed by atoms with Crippen LogP contribution in [0.3, 0.4) is 0 Å². The van der Waals surface area contributed by atoms with Gasteiger partial charge in [-0.05, 0) is 55.3 Å². The van der Waals surface area contributed by atoms with Gasteiger partial charge in [-0.3, -0.25) is 0 Å². The molecule has 4 nitrogen and oxygen atoms in total. The van der Waals surface area contributed by atoms with Gasteiger partial charge in [0.05, 0.1) is 13.1 Å². The van der Waals surface area contributed by atoms with Crippen molar-refractivity contribution in [2.45, 2.75) is 40.0 Å². The van der Waals surface area contributed by atoms with E-state index in [0.717, 1.165) is 26.2 Å². The van der Waals surface area contributed by atoms with Gasteiger partial charge >= 0.3 is 0 Å². The lowest BCUT2D eigenvalue weighted by atomic mass is 10.1. The van der Waals surface area contributed by atoms with Crippen molar-refractivity contribution in [3.05, 3.63) is 96.6 Å². The van der Waals surface area contributed by atoms with Crippen LogP contribution in [0.2, 0.25) is 0 Å². The highest BCUT2D eigenvalue weighted by Gasteiger charge is 2.16. The molecule has 0 amide bonds. The SMILES string of the molecule is CCn1c[n+](Cc2cccc(C[n+]3cn(CC)c4ccccc43)c2)c2ccccc21. The average Bonchev–Trinajstić information content (AvgIpc) is 3.32. The van der Waals surface area contributed by atoms with Crippen molar-refractivity contribution >= 4 is 22.1 Å². The van der Waals surface area contributed by atoms with Gasteiger partial charge in [-0.25, -0.2) is 18.3 Å². The molecule has 0 aliphatic heterocycles. The fourth-order valence-corrected chi connectivity index (χ4v) is 4.46. The molecule has 0 atom stereocenters. The molecule has 150 valence electrons. The van der Waals surface area contributed by atoms with Crippen molar-refractivity contribution in [3.8, 4) is 0 Å². The topological polar surface area (TPSA) is 17.6 Å². The molecule has 0 saturated heterocycles. The monoisotopic (exact) mass is 396 g/mol. The lowest BCUT2D eigenvalue weighted by molar-refractivity contribution is -0.664. The van der Waals surface area contributed by atoms with Gasteiger partial charge in [0.25, 0.3) is 0 Å². The van der Waals surface area contributed by atoms with E-state index in [9.17, 15) is 0 Å². The van der Waals surface area contributed by atoms with Crippen LogP contribution in [0, 0.1) is 0 Å². The van der Waals surface area contributed by atoms with Gasteiger partial charge in [0.15, 0.2) is 22.1 Å². The Hall–Kier alpha value is -3.40. The van der Waals surface area contributed by atoms with Crippen LogP contribution in [0.15, 0.2) is 85.5 Å². The lowest BCUT2D eigenvalue weighted by Crippen LogP contribution is -2.34. The summed E-state index contributed by atoms with van der Waals surface area (Å²) in [6, 6.07) is 26.3. The van der Waals surface area contributed by atoms with Crippen LogP contribution >= 0.6 is 0 Å². The summed E-state index contributed by atoms with van der Waals surface area (Å²) in [4.78, 5) is 0. The molecule has 0 spiro atoms. The van der Waals surface area contributed by atoms with Crippen molar-refractivity contribution in [1.82, 2.24) is 9.13 Å². The fraction of sp³-hybridized carbons (Fsp3) is 0.231. The molecule has 4 heteroatoms. The first kappa shape index (κ1) is 18.6. The highest BCUT2D eigenvalue weighted by atomic mass is 15.1. The minimum atomic E-state index is 0.878. The van der Waals surface area contributed by atoms with Crippen LogP contribution in [-0.2, 0) is 26.2 Å². The van der Waals surface area contributed by atoms with E-state index in [1.54, 1.807) is 0 Å². The van der Waals surface area contributed by atoms with E-state index in [-0.39, 0.29) is 0 Å². The molecular formula is C26H28N4+2. The van der Waals surface area contributed by atoms with Gasteiger partial charge in [0.1, 0.15) is 13.1 Å². The summed E-state index contributed by atoms with van der Waals surface area (Å²) in [5.74, 6) is 0. The summed E-state index contributed by atoms with van der Waals surface area (Å²) >= 11 is 0. The molecule has 0 N–H and O–H groups in total. The molecule has 5 rings (SSSR count). The Morgan fingerprint density at radius 2 is 1.07 bits per heavy atom. The van der Waals surface area contributed by atoms with Crippen LogP contribution < -0.4 is 9.13 Å². The maximum absolute atomic E-state index is 2.36. The van der Waals surface area contributed by atoms with Crippen molar-refractivity contribution in [2.75, 3.05) is 0 Å². The third-order valence-electron chi connectivity index (χ3n) is 5.94. The summed E-state index contributed by atoms with van der Waals surface area (Å²) < 4.78 is 9.34. The van der Waals surface area contributed by atoms with E-state index in [2.05, 4.69) is 118 Å². The Morgan fingerprint density at radius 1 is 0.600 bits per heavy atom. The molecule has 30 heavy (non-hydrogen) atoms. The zero-order valence-corrected chi connectivity index (χ0v) is 17.7. The predicted molar refractivity (Wildman–Crippen MR) is 120 cm³/mol. The van der Waals surface area contributed by atoms with Crippen molar-refractivity contribution < 1.29 is 9.13 Å². The largest absolute Gasteiger partial charge is 0.245 e. The van der Waals surface area contributed by atoms with E-state index < -0.39 is 0 Å². The second-order valence-corrected chi connectivity index (χ2v) is 7.86. The summed E-state index contributed by atoms with van der Waals surface area (Å²) in [5.41, 5.74) is 7.81. The normalized spacial score (nSPS) is 11.5. The number of imidazole rings is 2. The number of rotatable bonds is 6. The Kier molecular flexibility index (Phi) is 4.83. The summed E-state index contributed by atoms with van der Waals surface area (Å²) in [6.07, 6.45) is 4.47. The minimum Gasteiger partial charge on any atom is -0.230 e. The van der Waals surface area contributed by atoms with Gasteiger partial charge in [-0.15, -0.1) is 0 Å². The van der Waals surface area contributed by atoms with Crippen LogP contribution in [-0.4, -0.2) is 9.13 Å². The number of hydrogen-bond donors (Lipinski definition) is 0. The molecule has 0 radical (unpaired) electrons. The number of hydrogen-bond acceptors (Lipinski definition) is 0. The zero-order valence-electron chi connectivity index (χ0n) is 17.7.